The number of aromatic nitrogens is 3. The summed E-state index contributed by atoms with van der Waals surface area (Å²) in [6.07, 6.45) is 22.0. The zero-order chi connectivity index (χ0) is 27.0. The minimum atomic E-state index is 0.891. The van der Waals surface area contributed by atoms with Crippen molar-refractivity contribution in [2.75, 3.05) is 13.1 Å². The molecule has 0 atom stereocenters. The number of benzene rings is 1. The Morgan fingerprint density at radius 3 is 2.67 bits per heavy atom. The van der Waals surface area contributed by atoms with Crippen molar-refractivity contribution < 1.29 is 0 Å². The lowest BCUT2D eigenvalue weighted by Gasteiger charge is -2.09. The van der Waals surface area contributed by atoms with E-state index in [1.165, 1.54) is 35.3 Å². The number of nitrogens with zero attached hydrogens (tertiary/aromatic N) is 3. The van der Waals surface area contributed by atoms with Crippen LogP contribution in [0.2, 0.25) is 0 Å². The minimum Gasteiger partial charge on any atom is -0.317 e. The topological polar surface area (TPSA) is 42.2 Å². The quantitative estimate of drug-likeness (QED) is 0.242. The van der Waals surface area contributed by atoms with Gasteiger partial charge in [0.15, 0.2) is 0 Å². The molecule has 0 bridgehead atoms. The van der Waals surface area contributed by atoms with Gasteiger partial charge in [0.2, 0.25) is 0 Å². The van der Waals surface area contributed by atoms with Gasteiger partial charge in [-0.15, -0.1) is 0 Å². The molecule has 1 aliphatic carbocycles. The molecule has 3 heterocycles. The van der Waals surface area contributed by atoms with Crippen molar-refractivity contribution in [3.8, 4) is 22.6 Å². The average Bonchev–Trinajstić information content (AvgIpc) is 3.32. The van der Waals surface area contributed by atoms with Crippen LogP contribution in [-0.4, -0.2) is 27.5 Å². The number of unbranched alkanes of at least 4 members (excludes halogenated alkanes) is 1. The van der Waals surface area contributed by atoms with Gasteiger partial charge in [-0.2, -0.15) is 0 Å². The van der Waals surface area contributed by atoms with Crippen LogP contribution in [0.3, 0.4) is 0 Å². The molecular formula is C35H38N4. The molecule has 39 heavy (non-hydrogen) atoms. The van der Waals surface area contributed by atoms with E-state index in [0.717, 1.165) is 59.1 Å². The number of nitrogens with one attached hydrogen (secondary N) is 1. The molecule has 4 heteroatoms. The fourth-order valence-electron chi connectivity index (χ4n) is 5.13. The largest absolute Gasteiger partial charge is 0.317 e. The molecule has 1 aliphatic rings. The summed E-state index contributed by atoms with van der Waals surface area (Å²) in [7, 11) is 0. The molecular weight excluding hydrogens is 476 g/mol. The standard InChI is InChI=1S/C35H38N4/c1-4-12-28-19-20-32(37-26(28)3)34-35(39-23-11-9-16-33(39)38-34)30-18-17-29-15-7-6-13-27(24-31(29)25-30)14-8-10-22-36-21-5-2/h4,6-7,9,11-13,15-20,23-25,36H,5,8,10,14,21-22H2,1-3H3/b7-6+,12-4+,13-6?,15-7?,27-13-,27-24?,29-15+,31-24-. The van der Waals surface area contributed by atoms with Crippen molar-refractivity contribution in [3.05, 3.63) is 106 Å². The first kappa shape index (κ1) is 26.6. The van der Waals surface area contributed by atoms with Crippen LogP contribution in [0.1, 0.15) is 50.8 Å². The van der Waals surface area contributed by atoms with Gasteiger partial charge in [0.05, 0.1) is 11.4 Å². The van der Waals surface area contributed by atoms with E-state index in [2.05, 4.69) is 109 Å². The van der Waals surface area contributed by atoms with E-state index in [4.69, 9.17) is 9.97 Å². The van der Waals surface area contributed by atoms with E-state index in [9.17, 15) is 0 Å². The highest BCUT2D eigenvalue weighted by atomic mass is 15.0. The van der Waals surface area contributed by atoms with E-state index in [1.807, 2.05) is 19.1 Å². The second kappa shape index (κ2) is 12.7. The third kappa shape index (κ3) is 6.18. The van der Waals surface area contributed by atoms with Crippen LogP contribution in [0.4, 0.5) is 0 Å². The molecule has 0 radical (unpaired) electrons. The highest BCUT2D eigenvalue weighted by Crippen LogP contribution is 2.31. The Labute approximate surface area is 231 Å². The van der Waals surface area contributed by atoms with Crippen molar-refractivity contribution >= 4 is 23.9 Å². The van der Waals surface area contributed by atoms with Crippen molar-refractivity contribution in [2.45, 2.75) is 46.5 Å². The van der Waals surface area contributed by atoms with Crippen molar-refractivity contribution in [3.63, 3.8) is 0 Å². The van der Waals surface area contributed by atoms with E-state index in [1.54, 1.807) is 0 Å². The summed E-state index contributed by atoms with van der Waals surface area (Å²) in [6, 6.07) is 17.1. The van der Waals surface area contributed by atoms with Gasteiger partial charge < -0.3 is 5.32 Å². The summed E-state index contributed by atoms with van der Waals surface area (Å²) in [5.41, 5.74) is 8.41. The smallest absolute Gasteiger partial charge is 0.138 e. The van der Waals surface area contributed by atoms with Gasteiger partial charge in [-0.1, -0.05) is 73.7 Å². The molecule has 198 valence electrons. The van der Waals surface area contributed by atoms with Crippen molar-refractivity contribution in [1.82, 2.24) is 19.7 Å². The van der Waals surface area contributed by atoms with Gasteiger partial charge in [-0.25, -0.2) is 4.98 Å². The van der Waals surface area contributed by atoms with E-state index < -0.39 is 0 Å². The zero-order valence-electron chi connectivity index (χ0n) is 23.3. The molecule has 0 amide bonds. The Bertz CT molecular complexity index is 1670. The maximum atomic E-state index is 5.04. The van der Waals surface area contributed by atoms with Gasteiger partial charge in [-0.05, 0) is 98.5 Å². The first-order valence-corrected chi connectivity index (χ1v) is 14.2. The molecule has 0 saturated carbocycles. The Hall–Kier alpha value is -4.02. The maximum Gasteiger partial charge on any atom is 0.138 e. The second-order valence-electron chi connectivity index (χ2n) is 10.1. The Kier molecular flexibility index (Phi) is 8.65. The van der Waals surface area contributed by atoms with Gasteiger partial charge in [0, 0.05) is 17.5 Å². The third-order valence-electron chi connectivity index (χ3n) is 7.14. The lowest BCUT2D eigenvalue weighted by atomic mass is 10.0. The third-order valence-corrected chi connectivity index (χ3v) is 7.14. The monoisotopic (exact) mass is 514 g/mol. The lowest BCUT2D eigenvalue weighted by Crippen LogP contribution is -2.24. The molecule has 0 aliphatic heterocycles. The van der Waals surface area contributed by atoms with Gasteiger partial charge >= 0.3 is 0 Å². The Morgan fingerprint density at radius 2 is 1.82 bits per heavy atom. The Balaban J connectivity index is 1.55. The Morgan fingerprint density at radius 1 is 0.923 bits per heavy atom. The van der Waals surface area contributed by atoms with Gasteiger partial charge in [-0.3, -0.25) is 9.38 Å². The highest BCUT2D eigenvalue weighted by molar-refractivity contribution is 5.81. The summed E-state index contributed by atoms with van der Waals surface area (Å²) >= 11 is 0. The van der Waals surface area contributed by atoms with Crippen LogP contribution in [-0.2, 0) is 0 Å². The van der Waals surface area contributed by atoms with Crippen LogP contribution in [0.5, 0.6) is 0 Å². The van der Waals surface area contributed by atoms with Crippen LogP contribution >= 0.6 is 0 Å². The number of hydrogen-bond acceptors (Lipinski definition) is 3. The van der Waals surface area contributed by atoms with E-state index >= 15 is 0 Å². The SMILES string of the molecule is C/C=C/c1ccc(-c2nc3ccccn3c2-c2ccc3/c(c2)=C\C(CCCCNCCC)=C/C=C/C=3)nc1C. The summed E-state index contributed by atoms with van der Waals surface area (Å²) < 4.78 is 2.18. The van der Waals surface area contributed by atoms with Crippen LogP contribution < -0.4 is 15.8 Å². The van der Waals surface area contributed by atoms with Crippen LogP contribution in [0.25, 0.3) is 46.5 Å². The fraction of sp³-hybridized carbons (Fsp3) is 0.257. The lowest BCUT2D eigenvalue weighted by molar-refractivity contribution is 0.618. The van der Waals surface area contributed by atoms with E-state index in [-0.39, 0.29) is 0 Å². The molecule has 5 rings (SSSR count). The van der Waals surface area contributed by atoms with Gasteiger partial charge in [0.25, 0.3) is 0 Å². The van der Waals surface area contributed by atoms with Crippen LogP contribution in [0.15, 0.2) is 84.6 Å². The number of imidazole rings is 1. The molecule has 1 N–H and O–H groups in total. The number of fused-ring (bicyclic) bond motifs is 2. The highest BCUT2D eigenvalue weighted by Gasteiger charge is 2.17. The zero-order valence-corrected chi connectivity index (χ0v) is 23.3. The summed E-state index contributed by atoms with van der Waals surface area (Å²) in [5.74, 6) is 0. The normalized spacial score (nSPS) is 16.9. The summed E-state index contributed by atoms with van der Waals surface area (Å²) in [6.45, 7) is 8.50. The second-order valence-corrected chi connectivity index (χ2v) is 10.1. The van der Waals surface area contributed by atoms with E-state index in [0.29, 0.717) is 0 Å². The molecule has 0 unspecified atom stereocenters. The molecule has 0 spiro atoms. The minimum absolute atomic E-state index is 0.891. The van der Waals surface area contributed by atoms with Crippen molar-refractivity contribution in [2.24, 2.45) is 0 Å². The van der Waals surface area contributed by atoms with Crippen LogP contribution in [0, 0.1) is 6.92 Å². The summed E-state index contributed by atoms with van der Waals surface area (Å²) in [5, 5.41) is 5.97. The molecule has 4 nitrogen and oxygen atoms in total. The number of rotatable bonds is 10. The maximum absolute atomic E-state index is 5.04. The average molecular weight is 515 g/mol. The van der Waals surface area contributed by atoms with Crippen molar-refractivity contribution in [1.29, 1.82) is 0 Å². The first-order chi connectivity index (χ1) is 19.2. The molecule has 3 aromatic heterocycles. The van der Waals surface area contributed by atoms with Gasteiger partial charge in [0.1, 0.15) is 11.3 Å². The molecule has 0 fully saturated rings. The molecule has 4 aromatic rings. The number of hydrogen-bond donors (Lipinski definition) is 1. The first-order valence-electron chi connectivity index (χ1n) is 14.2. The molecule has 0 saturated heterocycles. The summed E-state index contributed by atoms with van der Waals surface area (Å²) in [4.78, 5) is 10.0. The fourth-order valence-corrected chi connectivity index (χ4v) is 5.13. The number of pyridine rings is 2. The predicted octanol–water partition coefficient (Wildman–Crippen LogP) is 6.63. The predicted molar refractivity (Wildman–Crippen MR) is 166 cm³/mol. The number of aryl methyl sites for hydroxylation is 1. The molecule has 1 aromatic carbocycles. The number of allylic oxidation sites excluding steroid dienone is 5.